The second-order valence-corrected chi connectivity index (χ2v) is 7.48. The molecule has 3 rings (SSSR count). The van der Waals surface area contributed by atoms with Gasteiger partial charge in [0, 0.05) is 20.7 Å². The van der Waals surface area contributed by atoms with Gasteiger partial charge in [0.25, 0.3) is 11.8 Å². The zero-order chi connectivity index (χ0) is 21.3. The summed E-state index contributed by atoms with van der Waals surface area (Å²) in [4.78, 5) is 24.0. The summed E-state index contributed by atoms with van der Waals surface area (Å²) in [7, 11) is 0. The van der Waals surface area contributed by atoms with E-state index in [1.807, 2.05) is 6.07 Å². The normalized spacial score (nSPS) is 10.6. The Morgan fingerprint density at radius 2 is 1.80 bits per heavy atom. The van der Waals surface area contributed by atoms with Gasteiger partial charge in [0.05, 0.1) is 6.21 Å². The van der Waals surface area contributed by atoms with Crippen LogP contribution in [-0.4, -0.2) is 24.6 Å². The van der Waals surface area contributed by atoms with Crippen molar-refractivity contribution in [3.8, 4) is 5.75 Å². The van der Waals surface area contributed by atoms with Crippen molar-refractivity contribution in [2.24, 2.45) is 5.10 Å². The number of nitrogens with one attached hydrogen (secondary N) is 2. The highest BCUT2D eigenvalue weighted by atomic mass is 79.9. The van der Waals surface area contributed by atoms with Crippen LogP contribution in [0.5, 0.6) is 5.75 Å². The molecule has 0 aliphatic carbocycles. The Hall–Kier alpha value is -3.16. The minimum absolute atomic E-state index is 0.136. The highest BCUT2D eigenvalue weighted by molar-refractivity contribution is 9.10. The zero-order valence-electron chi connectivity index (χ0n) is 15.6. The Morgan fingerprint density at radius 3 is 2.53 bits per heavy atom. The molecule has 30 heavy (non-hydrogen) atoms. The fraction of sp³-hybridized carbons (Fsp3) is 0.0455. The van der Waals surface area contributed by atoms with E-state index in [0.29, 0.717) is 22.0 Å². The monoisotopic (exact) mass is 485 g/mol. The Bertz CT molecular complexity index is 1070. The van der Waals surface area contributed by atoms with Crippen LogP contribution < -0.4 is 15.5 Å². The lowest BCUT2D eigenvalue weighted by atomic mass is 10.2. The third kappa shape index (κ3) is 6.72. The number of hydrogen-bond donors (Lipinski definition) is 2. The first-order chi connectivity index (χ1) is 14.5. The molecule has 0 aromatic heterocycles. The molecule has 0 atom stereocenters. The molecule has 0 aliphatic rings. The van der Waals surface area contributed by atoms with E-state index in [1.54, 1.807) is 66.7 Å². The minimum Gasteiger partial charge on any atom is -0.484 e. The first-order valence-electron chi connectivity index (χ1n) is 8.87. The van der Waals surface area contributed by atoms with Crippen LogP contribution in [0.3, 0.4) is 0 Å². The van der Waals surface area contributed by atoms with Crippen molar-refractivity contribution in [1.82, 2.24) is 5.43 Å². The van der Waals surface area contributed by atoms with E-state index in [-0.39, 0.29) is 18.4 Å². The number of nitrogens with zero attached hydrogens (tertiary/aromatic N) is 1. The van der Waals surface area contributed by atoms with Gasteiger partial charge in [0.15, 0.2) is 6.61 Å². The number of rotatable bonds is 7. The number of ether oxygens (including phenoxy) is 1. The molecule has 0 spiro atoms. The average Bonchev–Trinajstić information content (AvgIpc) is 2.73. The van der Waals surface area contributed by atoms with E-state index in [4.69, 9.17) is 16.3 Å². The van der Waals surface area contributed by atoms with Crippen LogP contribution in [0.15, 0.2) is 82.4 Å². The van der Waals surface area contributed by atoms with Gasteiger partial charge in [0.2, 0.25) is 0 Å². The maximum absolute atomic E-state index is 12.0. The summed E-state index contributed by atoms with van der Waals surface area (Å²) >= 11 is 9.21. The first-order valence-corrected chi connectivity index (χ1v) is 10.0. The summed E-state index contributed by atoms with van der Waals surface area (Å²) in [5, 5.41) is 7.20. The van der Waals surface area contributed by atoms with Gasteiger partial charge in [-0.3, -0.25) is 9.59 Å². The van der Waals surface area contributed by atoms with Crippen LogP contribution in [0, 0.1) is 0 Å². The summed E-state index contributed by atoms with van der Waals surface area (Å²) in [6.07, 6.45) is 1.52. The van der Waals surface area contributed by atoms with Crippen molar-refractivity contribution in [3.05, 3.63) is 93.4 Å². The predicted molar refractivity (Wildman–Crippen MR) is 121 cm³/mol. The SMILES string of the molecule is O=C(COc1ccc(/C=N\NC(=O)c2cccc(Br)c2)cc1)Nc1cccc(Cl)c1. The predicted octanol–water partition coefficient (Wildman–Crippen LogP) is 4.88. The summed E-state index contributed by atoms with van der Waals surface area (Å²) in [6.45, 7) is -0.136. The van der Waals surface area contributed by atoms with Crippen molar-refractivity contribution in [3.63, 3.8) is 0 Å². The largest absolute Gasteiger partial charge is 0.484 e. The second kappa shape index (κ2) is 10.6. The van der Waals surface area contributed by atoms with Gasteiger partial charge in [-0.15, -0.1) is 0 Å². The lowest BCUT2D eigenvalue weighted by molar-refractivity contribution is -0.118. The third-order valence-electron chi connectivity index (χ3n) is 3.82. The van der Waals surface area contributed by atoms with Crippen LogP contribution in [0.4, 0.5) is 5.69 Å². The van der Waals surface area contributed by atoms with Crippen LogP contribution in [0.25, 0.3) is 0 Å². The van der Waals surface area contributed by atoms with Gasteiger partial charge < -0.3 is 10.1 Å². The Morgan fingerprint density at radius 1 is 1.03 bits per heavy atom. The number of hydrazone groups is 1. The highest BCUT2D eigenvalue weighted by Gasteiger charge is 2.05. The molecule has 0 heterocycles. The van der Waals surface area contributed by atoms with Crippen LogP contribution >= 0.6 is 27.5 Å². The van der Waals surface area contributed by atoms with E-state index in [1.165, 1.54) is 6.21 Å². The molecule has 3 aromatic rings. The number of benzene rings is 3. The maximum atomic E-state index is 12.0. The van der Waals surface area contributed by atoms with E-state index >= 15 is 0 Å². The Labute approximate surface area is 187 Å². The molecule has 0 bridgehead atoms. The smallest absolute Gasteiger partial charge is 0.271 e. The maximum Gasteiger partial charge on any atom is 0.271 e. The number of hydrogen-bond acceptors (Lipinski definition) is 4. The highest BCUT2D eigenvalue weighted by Crippen LogP contribution is 2.15. The molecule has 0 radical (unpaired) electrons. The number of carbonyl (C=O) groups excluding carboxylic acids is 2. The summed E-state index contributed by atoms with van der Waals surface area (Å²) in [6, 6.07) is 20.8. The third-order valence-corrected chi connectivity index (χ3v) is 4.55. The molecule has 3 aromatic carbocycles. The molecule has 6 nitrogen and oxygen atoms in total. The number of amides is 2. The van der Waals surface area contributed by atoms with Crippen LogP contribution in [-0.2, 0) is 4.79 Å². The van der Waals surface area contributed by atoms with Gasteiger partial charge >= 0.3 is 0 Å². The van der Waals surface area contributed by atoms with Crippen molar-refractivity contribution < 1.29 is 14.3 Å². The molecular formula is C22H17BrClN3O3. The average molecular weight is 487 g/mol. The Kier molecular flexibility index (Phi) is 7.59. The summed E-state index contributed by atoms with van der Waals surface area (Å²) in [5.74, 6) is -0.0667. The van der Waals surface area contributed by atoms with Gasteiger partial charge in [0.1, 0.15) is 5.75 Å². The lowest BCUT2D eigenvalue weighted by Gasteiger charge is -2.08. The molecule has 0 fully saturated rings. The standard InChI is InChI=1S/C22H17BrClN3O3/c23-17-4-1-3-16(11-17)22(29)27-25-13-15-7-9-20(10-8-15)30-14-21(28)26-19-6-2-5-18(24)12-19/h1-13H,14H2,(H,26,28)(H,27,29)/b25-13-. The van der Waals surface area contributed by atoms with E-state index < -0.39 is 0 Å². The molecule has 0 saturated heterocycles. The Balaban J connectivity index is 1.47. The molecule has 0 saturated carbocycles. The van der Waals surface area contributed by atoms with Crippen molar-refractivity contribution in [2.75, 3.05) is 11.9 Å². The lowest BCUT2D eigenvalue weighted by Crippen LogP contribution is -2.20. The second-order valence-electron chi connectivity index (χ2n) is 6.13. The number of carbonyl (C=O) groups is 2. The van der Waals surface area contributed by atoms with Crippen molar-refractivity contribution >= 4 is 51.2 Å². The van der Waals surface area contributed by atoms with Crippen LogP contribution in [0.2, 0.25) is 5.02 Å². The zero-order valence-corrected chi connectivity index (χ0v) is 18.0. The van der Waals surface area contributed by atoms with E-state index in [0.717, 1.165) is 10.0 Å². The van der Waals surface area contributed by atoms with Crippen molar-refractivity contribution in [2.45, 2.75) is 0 Å². The quantitative estimate of drug-likeness (QED) is 0.369. The van der Waals surface area contributed by atoms with Crippen molar-refractivity contribution in [1.29, 1.82) is 0 Å². The fourth-order valence-corrected chi connectivity index (χ4v) is 3.01. The van der Waals surface area contributed by atoms with Gasteiger partial charge in [-0.25, -0.2) is 5.43 Å². The fourth-order valence-electron chi connectivity index (χ4n) is 2.42. The molecular weight excluding hydrogens is 470 g/mol. The van der Waals surface area contributed by atoms with Crippen LogP contribution in [0.1, 0.15) is 15.9 Å². The molecule has 2 N–H and O–H groups in total. The van der Waals surface area contributed by atoms with Gasteiger partial charge in [-0.1, -0.05) is 39.7 Å². The summed E-state index contributed by atoms with van der Waals surface area (Å²) in [5.41, 5.74) is 4.34. The summed E-state index contributed by atoms with van der Waals surface area (Å²) < 4.78 is 6.29. The number of halogens is 2. The molecule has 0 unspecified atom stereocenters. The molecule has 8 heteroatoms. The number of anilines is 1. The van der Waals surface area contributed by atoms with E-state index in [9.17, 15) is 9.59 Å². The first kappa shape index (κ1) is 21.5. The molecule has 2 amide bonds. The van der Waals surface area contributed by atoms with E-state index in [2.05, 4.69) is 31.8 Å². The molecule has 152 valence electrons. The minimum atomic E-state index is -0.307. The van der Waals surface area contributed by atoms with Gasteiger partial charge in [-0.05, 0) is 66.2 Å². The molecule has 0 aliphatic heterocycles. The van der Waals surface area contributed by atoms with Gasteiger partial charge in [-0.2, -0.15) is 5.10 Å². The topological polar surface area (TPSA) is 79.8 Å².